The van der Waals surface area contributed by atoms with Gasteiger partial charge in [0, 0.05) is 24.8 Å². The highest BCUT2D eigenvalue weighted by molar-refractivity contribution is 5.90. The van der Waals surface area contributed by atoms with E-state index in [9.17, 15) is 4.79 Å². The van der Waals surface area contributed by atoms with Crippen molar-refractivity contribution in [1.82, 2.24) is 9.80 Å². The average molecular weight is 247 g/mol. The van der Waals surface area contributed by atoms with Gasteiger partial charge in [0.15, 0.2) is 0 Å². The third kappa shape index (κ3) is 2.64. The third-order valence-electron chi connectivity index (χ3n) is 3.64. The van der Waals surface area contributed by atoms with Crippen molar-refractivity contribution in [3.05, 3.63) is 29.3 Å². The lowest BCUT2D eigenvalue weighted by Gasteiger charge is -2.42. The van der Waals surface area contributed by atoms with Crippen LogP contribution in [0.25, 0.3) is 0 Å². The Morgan fingerprint density at radius 1 is 1.28 bits per heavy atom. The van der Waals surface area contributed by atoms with E-state index in [2.05, 4.69) is 24.1 Å². The molecule has 1 saturated heterocycles. The molecule has 0 radical (unpaired) electrons. The number of rotatable bonds is 2. The Bertz CT molecular complexity index is 450. The van der Waals surface area contributed by atoms with E-state index in [1.807, 2.05) is 37.2 Å². The Morgan fingerprint density at radius 3 is 2.50 bits per heavy atom. The summed E-state index contributed by atoms with van der Waals surface area (Å²) in [5.74, 6) is 0. The van der Waals surface area contributed by atoms with Gasteiger partial charge in [-0.3, -0.25) is 0 Å². The highest BCUT2D eigenvalue weighted by Gasteiger charge is 2.31. The molecule has 0 saturated carbocycles. The fourth-order valence-corrected chi connectivity index (χ4v) is 1.97. The number of anilines is 1. The third-order valence-corrected chi connectivity index (χ3v) is 3.64. The number of aryl methyl sites for hydroxylation is 2. The van der Waals surface area contributed by atoms with Crippen LogP contribution in [-0.2, 0) is 0 Å². The van der Waals surface area contributed by atoms with Crippen molar-refractivity contribution in [3.8, 4) is 0 Å². The van der Waals surface area contributed by atoms with E-state index in [-0.39, 0.29) is 6.03 Å². The van der Waals surface area contributed by atoms with E-state index in [1.165, 1.54) is 11.1 Å². The van der Waals surface area contributed by atoms with Gasteiger partial charge in [0.2, 0.25) is 0 Å². The second-order valence-corrected chi connectivity index (χ2v) is 5.25. The molecule has 0 bridgehead atoms. The molecule has 1 fully saturated rings. The highest BCUT2D eigenvalue weighted by atomic mass is 16.2. The van der Waals surface area contributed by atoms with Gasteiger partial charge in [-0.25, -0.2) is 4.79 Å². The molecule has 18 heavy (non-hydrogen) atoms. The molecule has 0 aliphatic carbocycles. The van der Waals surface area contributed by atoms with E-state index >= 15 is 0 Å². The monoisotopic (exact) mass is 247 g/mol. The maximum Gasteiger partial charge on any atom is 0.321 e. The number of nitrogens with zero attached hydrogens (tertiary/aromatic N) is 2. The standard InChI is InChI=1S/C14H21N3O/c1-10-5-6-12(7-11(10)2)15-14(18)17-8-13(9-17)16(3)4/h5-7,13H,8-9H2,1-4H3,(H,15,18). The molecular formula is C14H21N3O. The molecule has 0 unspecified atom stereocenters. The lowest BCUT2D eigenvalue weighted by atomic mass is 10.1. The molecule has 4 heteroatoms. The molecule has 1 N–H and O–H groups in total. The van der Waals surface area contributed by atoms with E-state index in [0.29, 0.717) is 6.04 Å². The lowest BCUT2D eigenvalue weighted by Crippen LogP contribution is -2.60. The van der Waals surface area contributed by atoms with Crippen molar-refractivity contribution in [1.29, 1.82) is 0 Å². The van der Waals surface area contributed by atoms with E-state index in [4.69, 9.17) is 0 Å². The smallest absolute Gasteiger partial charge is 0.321 e. The number of hydrogen-bond acceptors (Lipinski definition) is 2. The zero-order valence-electron chi connectivity index (χ0n) is 11.5. The van der Waals surface area contributed by atoms with Crippen LogP contribution in [0.5, 0.6) is 0 Å². The lowest BCUT2D eigenvalue weighted by molar-refractivity contribution is 0.0942. The van der Waals surface area contributed by atoms with Crippen LogP contribution in [0.3, 0.4) is 0 Å². The Kier molecular flexibility index (Phi) is 3.57. The van der Waals surface area contributed by atoms with Gasteiger partial charge in [0.1, 0.15) is 0 Å². The van der Waals surface area contributed by atoms with Crippen LogP contribution in [0.2, 0.25) is 0 Å². The molecule has 0 aromatic heterocycles. The first kappa shape index (κ1) is 12.9. The van der Waals surface area contributed by atoms with Crippen LogP contribution in [0.15, 0.2) is 18.2 Å². The zero-order valence-corrected chi connectivity index (χ0v) is 11.5. The minimum absolute atomic E-state index is 0.00338. The normalized spacial score (nSPS) is 15.7. The van der Waals surface area contributed by atoms with Gasteiger partial charge in [0.25, 0.3) is 0 Å². The molecule has 2 amide bonds. The van der Waals surface area contributed by atoms with Gasteiger partial charge < -0.3 is 15.1 Å². The summed E-state index contributed by atoms with van der Waals surface area (Å²) >= 11 is 0. The minimum atomic E-state index is -0.00338. The van der Waals surface area contributed by atoms with Gasteiger partial charge in [-0.1, -0.05) is 6.07 Å². The summed E-state index contributed by atoms with van der Waals surface area (Å²) in [5, 5.41) is 2.94. The summed E-state index contributed by atoms with van der Waals surface area (Å²) in [6.07, 6.45) is 0. The minimum Gasteiger partial charge on any atom is -0.321 e. The van der Waals surface area contributed by atoms with Crippen molar-refractivity contribution in [2.24, 2.45) is 0 Å². The first-order valence-electron chi connectivity index (χ1n) is 6.27. The van der Waals surface area contributed by atoms with Crippen LogP contribution < -0.4 is 5.32 Å². The SMILES string of the molecule is Cc1ccc(NC(=O)N2CC(N(C)C)C2)cc1C. The molecule has 4 nitrogen and oxygen atoms in total. The number of benzene rings is 1. The van der Waals surface area contributed by atoms with Crippen molar-refractivity contribution < 1.29 is 4.79 Å². The Morgan fingerprint density at radius 2 is 1.94 bits per heavy atom. The first-order chi connectivity index (χ1) is 8.47. The summed E-state index contributed by atoms with van der Waals surface area (Å²) in [6.45, 7) is 5.74. The number of likely N-dealkylation sites (N-methyl/N-ethyl adjacent to an activating group) is 1. The van der Waals surface area contributed by atoms with Crippen molar-refractivity contribution >= 4 is 11.7 Å². The first-order valence-corrected chi connectivity index (χ1v) is 6.27. The van der Waals surface area contributed by atoms with Gasteiger partial charge >= 0.3 is 6.03 Å². The van der Waals surface area contributed by atoms with Crippen molar-refractivity contribution in [2.75, 3.05) is 32.5 Å². The zero-order chi connectivity index (χ0) is 13.3. The number of carbonyl (C=O) groups excluding carboxylic acids is 1. The van der Waals surface area contributed by atoms with Crippen molar-refractivity contribution in [2.45, 2.75) is 19.9 Å². The molecule has 1 aliphatic rings. The average Bonchev–Trinajstić information content (AvgIpc) is 2.20. The number of urea groups is 1. The number of likely N-dealkylation sites (tertiary alicyclic amines) is 1. The number of hydrogen-bond donors (Lipinski definition) is 1. The fourth-order valence-electron chi connectivity index (χ4n) is 1.97. The summed E-state index contributed by atoms with van der Waals surface area (Å²) in [4.78, 5) is 15.9. The van der Waals surface area contributed by atoms with Gasteiger partial charge in [0.05, 0.1) is 0 Å². The molecule has 0 atom stereocenters. The maximum absolute atomic E-state index is 12.0. The number of nitrogens with one attached hydrogen (secondary N) is 1. The molecule has 1 aliphatic heterocycles. The van der Waals surface area contributed by atoms with Crippen LogP contribution in [-0.4, -0.2) is 49.1 Å². The molecular weight excluding hydrogens is 226 g/mol. The molecule has 98 valence electrons. The Balaban J connectivity index is 1.90. The molecule has 1 heterocycles. The number of carbonyl (C=O) groups is 1. The fraction of sp³-hybridized carbons (Fsp3) is 0.500. The summed E-state index contributed by atoms with van der Waals surface area (Å²) in [6, 6.07) is 6.48. The van der Waals surface area contributed by atoms with Crippen LogP contribution >= 0.6 is 0 Å². The largest absolute Gasteiger partial charge is 0.321 e. The van der Waals surface area contributed by atoms with Gasteiger partial charge in [-0.15, -0.1) is 0 Å². The predicted molar refractivity (Wildman–Crippen MR) is 74.0 cm³/mol. The Hall–Kier alpha value is -1.55. The van der Waals surface area contributed by atoms with Crippen LogP contribution in [0.4, 0.5) is 10.5 Å². The van der Waals surface area contributed by atoms with E-state index < -0.39 is 0 Å². The van der Waals surface area contributed by atoms with Crippen LogP contribution in [0.1, 0.15) is 11.1 Å². The number of amides is 2. The maximum atomic E-state index is 12.0. The molecule has 2 rings (SSSR count). The highest BCUT2D eigenvalue weighted by Crippen LogP contribution is 2.17. The topological polar surface area (TPSA) is 35.6 Å². The second kappa shape index (κ2) is 4.98. The van der Waals surface area contributed by atoms with Crippen molar-refractivity contribution in [3.63, 3.8) is 0 Å². The molecule has 1 aromatic rings. The second-order valence-electron chi connectivity index (χ2n) is 5.25. The van der Waals surface area contributed by atoms with E-state index in [0.717, 1.165) is 18.8 Å². The predicted octanol–water partition coefficient (Wildman–Crippen LogP) is 2.08. The summed E-state index contributed by atoms with van der Waals surface area (Å²) in [7, 11) is 4.09. The summed E-state index contributed by atoms with van der Waals surface area (Å²) in [5.41, 5.74) is 3.31. The van der Waals surface area contributed by atoms with Gasteiger partial charge in [-0.2, -0.15) is 0 Å². The van der Waals surface area contributed by atoms with Crippen LogP contribution in [0, 0.1) is 13.8 Å². The molecule has 0 spiro atoms. The summed E-state index contributed by atoms with van der Waals surface area (Å²) < 4.78 is 0. The molecule has 1 aromatic carbocycles. The van der Waals surface area contributed by atoms with E-state index in [1.54, 1.807) is 0 Å². The Labute approximate surface area is 109 Å². The van der Waals surface area contributed by atoms with Gasteiger partial charge in [-0.05, 0) is 51.2 Å². The quantitative estimate of drug-likeness (QED) is 0.868.